The second kappa shape index (κ2) is 8.85. The van der Waals surface area contributed by atoms with Gasteiger partial charge in [-0.15, -0.1) is 0 Å². The van der Waals surface area contributed by atoms with Gasteiger partial charge in [-0.05, 0) is 51.1 Å². The van der Waals surface area contributed by atoms with Crippen LogP contribution in [0.25, 0.3) is 0 Å². The Morgan fingerprint density at radius 1 is 1.11 bits per heavy atom. The molecule has 2 N–H and O–H groups in total. The van der Waals surface area contributed by atoms with Gasteiger partial charge in [-0.3, -0.25) is 19.8 Å². The summed E-state index contributed by atoms with van der Waals surface area (Å²) in [6.45, 7) is 4.70. The molecule has 0 bridgehead atoms. The van der Waals surface area contributed by atoms with E-state index in [1.807, 2.05) is 4.90 Å². The monoisotopic (exact) mass is 375 g/mol. The Bertz CT molecular complexity index is 713. The molecule has 1 aromatic carbocycles. The van der Waals surface area contributed by atoms with E-state index in [0.717, 1.165) is 0 Å². The number of ketones is 1. The average Bonchev–Trinajstić information content (AvgIpc) is 2.67. The number of imide groups is 1. The molecule has 8 heteroatoms. The lowest BCUT2D eigenvalue weighted by atomic mass is 9.88. The van der Waals surface area contributed by atoms with Crippen LogP contribution in [0.1, 0.15) is 30.1 Å². The minimum absolute atomic E-state index is 0.0738. The Labute approximate surface area is 158 Å². The maximum Gasteiger partial charge on any atom is 0.321 e. The zero-order chi connectivity index (χ0) is 19.2. The highest BCUT2D eigenvalue weighted by Crippen LogP contribution is 2.32. The molecule has 3 amide bonds. The van der Waals surface area contributed by atoms with Crippen molar-refractivity contribution < 1.29 is 23.9 Å². The number of carbonyl (C=O) groups excluding carboxylic acids is 3. The van der Waals surface area contributed by atoms with Crippen LogP contribution in [-0.2, 0) is 4.79 Å². The quantitative estimate of drug-likeness (QED) is 0.751. The summed E-state index contributed by atoms with van der Waals surface area (Å²) in [5.41, 5.74) is 0.631. The van der Waals surface area contributed by atoms with Crippen molar-refractivity contribution in [2.45, 2.75) is 19.8 Å². The van der Waals surface area contributed by atoms with Gasteiger partial charge in [0.15, 0.2) is 17.3 Å². The highest BCUT2D eigenvalue weighted by Gasteiger charge is 2.27. The third kappa shape index (κ3) is 4.97. The number of nitrogens with one attached hydrogen (secondary N) is 2. The van der Waals surface area contributed by atoms with Crippen LogP contribution in [-0.4, -0.2) is 62.0 Å². The number of ether oxygens (including phenoxy) is 2. The number of urea groups is 1. The first-order valence-corrected chi connectivity index (χ1v) is 9.30. The first-order valence-electron chi connectivity index (χ1n) is 9.30. The van der Waals surface area contributed by atoms with Gasteiger partial charge in [0, 0.05) is 18.0 Å². The summed E-state index contributed by atoms with van der Waals surface area (Å²) in [6.07, 6.45) is 1.36. The van der Waals surface area contributed by atoms with Crippen molar-refractivity contribution in [2.75, 3.05) is 39.4 Å². The fraction of sp³-hybridized carbons (Fsp3) is 0.526. The smallest absolute Gasteiger partial charge is 0.321 e. The Hall–Kier alpha value is -2.61. The average molecular weight is 375 g/mol. The molecular formula is C19H25N3O5. The van der Waals surface area contributed by atoms with E-state index >= 15 is 0 Å². The zero-order valence-corrected chi connectivity index (χ0v) is 15.5. The zero-order valence-electron chi connectivity index (χ0n) is 15.5. The molecule has 146 valence electrons. The molecule has 1 saturated heterocycles. The molecule has 0 aromatic heterocycles. The molecule has 0 aliphatic carbocycles. The molecule has 3 rings (SSSR count). The molecule has 8 nitrogen and oxygen atoms in total. The van der Waals surface area contributed by atoms with Crippen molar-refractivity contribution in [1.82, 2.24) is 15.5 Å². The number of likely N-dealkylation sites (tertiary alicyclic amines) is 1. The SMILES string of the molecule is CCNC(=O)NC(=O)CN1CCC(C(=O)c2ccc3c(c2)OCCO3)CC1. The van der Waals surface area contributed by atoms with Crippen LogP contribution in [0.4, 0.5) is 4.79 Å². The molecule has 2 aliphatic rings. The normalized spacial score (nSPS) is 17.2. The first-order chi connectivity index (χ1) is 13.1. The molecule has 0 saturated carbocycles. The van der Waals surface area contributed by atoms with Crippen LogP contribution in [0.5, 0.6) is 11.5 Å². The highest BCUT2D eigenvalue weighted by atomic mass is 16.6. The van der Waals surface area contributed by atoms with Gasteiger partial charge in [-0.25, -0.2) is 4.79 Å². The molecule has 1 aromatic rings. The summed E-state index contributed by atoms with van der Waals surface area (Å²) in [6, 6.07) is 4.83. The van der Waals surface area contributed by atoms with Crippen molar-refractivity contribution in [1.29, 1.82) is 0 Å². The molecule has 0 spiro atoms. The lowest BCUT2D eigenvalue weighted by Gasteiger charge is -2.30. The fourth-order valence-corrected chi connectivity index (χ4v) is 3.36. The van der Waals surface area contributed by atoms with Gasteiger partial charge in [0.2, 0.25) is 5.91 Å². The van der Waals surface area contributed by atoms with E-state index in [9.17, 15) is 14.4 Å². The van der Waals surface area contributed by atoms with Crippen molar-refractivity contribution >= 4 is 17.7 Å². The number of amides is 3. The summed E-state index contributed by atoms with van der Waals surface area (Å²) >= 11 is 0. The second-order valence-corrected chi connectivity index (χ2v) is 6.68. The number of hydrogen-bond donors (Lipinski definition) is 2. The summed E-state index contributed by atoms with van der Waals surface area (Å²) in [4.78, 5) is 38.0. The minimum atomic E-state index is -0.480. The van der Waals surface area contributed by atoms with Gasteiger partial charge in [-0.2, -0.15) is 0 Å². The van der Waals surface area contributed by atoms with Crippen LogP contribution < -0.4 is 20.1 Å². The van der Waals surface area contributed by atoms with Gasteiger partial charge in [0.05, 0.1) is 6.54 Å². The number of nitrogens with zero attached hydrogens (tertiary/aromatic N) is 1. The predicted molar refractivity (Wildman–Crippen MR) is 98.1 cm³/mol. The van der Waals surface area contributed by atoms with E-state index in [2.05, 4.69) is 10.6 Å². The van der Waals surface area contributed by atoms with E-state index in [-0.39, 0.29) is 24.2 Å². The number of hydrogen-bond acceptors (Lipinski definition) is 6. The Balaban J connectivity index is 1.49. The second-order valence-electron chi connectivity index (χ2n) is 6.68. The molecule has 27 heavy (non-hydrogen) atoms. The molecule has 2 aliphatic heterocycles. The first kappa shape index (κ1) is 19.2. The molecule has 0 unspecified atom stereocenters. The van der Waals surface area contributed by atoms with Gasteiger partial charge in [0.1, 0.15) is 13.2 Å². The molecule has 0 atom stereocenters. The fourth-order valence-electron chi connectivity index (χ4n) is 3.36. The van der Waals surface area contributed by atoms with E-state index in [1.54, 1.807) is 25.1 Å². The van der Waals surface area contributed by atoms with E-state index < -0.39 is 6.03 Å². The number of carbonyl (C=O) groups is 3. The summed E-state index contributed by atoms with van der Waals surface area (Å²) < 4.78 is 11.0. The Kier molecular flexibility index (Phi) is 6.28. The third-order valence-electron chi connectivity index (χ3n) is 4.74. The van der Waals surface area contributed by atoms with Crippen LogP contribution in [0.3, 0.4) is 0 Å². The largest absolute Gasteiger partial charge is 0.486 e. The Morgan fingerprint density at radius 3 is 2.52 bits per heavy atom. The van der Waals surface area contributed by atoms with E-state index in [0.29, 0.717) is 62.8 Å². The molecule has 0 radical (unpaired) electrons. The lowest BCUT2D eigenvalue weighted by Crippen LogP contribution is -2.46. The van der Waals surface area contributed by atoms with Crippen LogP contribution >= 0.6 is 0 Å². The minimum Gasteiger partial charge on any atom is -0.486 e. The topological polar surface area (TPSA) is 97.0 Å². The Morgan fingerprint density at radius 2 is 1.81 bits per heavy atom. The van der Waals surface area contributed by atoms with Gasteiger partial charge < -0.3 is 14.8 Å². The standard InChI is InChI=1S/C19H25N3O5/c1-2-20-19(25)21-17(23)12-22-7-5-13(6-8-22)18(24)14-3-4-15-16(11-14)27-10-9-26-15/h3-4,11,13H,2,5-10,12H2,1H3,(H2,20,21,23,25). The highest BCUT2D eigenvalue weighted by molar-refractivity contribution is 5.98. The van der Waals surface area contributed by atoms with Crippen LogP contribution in [0.15, 0.2) is 18.2 Å². The maximum atomic E-state index is 12.8. The molecule has 2 heterocycles. The van der Waals surface area contributed by atoms with Crippen molar-refractivity contribution in [2.24, 2.45) is 5.92 Å². The van der Waals surface area contributed by atoms with Crippen LogP contribution in [0.2, 0.25) is 0 Å². The van der Waals surface area contributed by atoms with Gasteiger partial charge >= 0.3 is 6.03 Å². The summed E-state index contributed by atoms with van der Waals surface area (Å²) in [5, 5.41) is 4.82. The van der Waals surface area contributed by atoms with Gasteiger partial charge in [0.25, 0.3) is 0 Å². The maximum absolute atomic E-state index is 12.8. The summed E-state index contributed by atoms with van der Waals surface area (Å²) in [5.74, 6) is 0.975. The predicted octanol–water partition coefficient (Wildman–Crippen LogP) is 1.20. The summed E-state index contributed by atoms with van der Waals surface area (Å²) in [7, 11) is 0. The lowest BCUT2D eigenvalue weighted by molar-refractivity contribution is -0.121. The number of benzene rings is 1. The molecular weight excluding hydrogens is 350 g/mol. The van der Waals surface area contributed by atoms with Gasteiger partial charge in [-0.1, -0.05) is 0 Å². The van der Waals surface area contributed by atoms with Crippen LogP contribution in [0, 0.1) is 5.92 Å². The molecule has 1 fully saturated rings. The third-order valence-corrected chi connectivity index (χ3v) is 4.74. The number of fused-ring (bicyclic) bond motifs is 1. The number of Topliss-reactive ketones (excluding diaryl/α,β-unsaturated/α-hetero) is 1. The van der Waals surface area contributed by atoms with Crippen molar-refractivity contribution in [3.63, 3.8) is 0 Å². The number of piperidine rings is 1. The van der Waals surface area contributed by atoms with E-state index in [4.69, 9.17) is 9.47 Å². The van der Waals surface area contributed by atoms with E-state index in [1.165, 1.54) is 0 Å². The number of rotatable bonds is 5. The van der Waals surface area contributed by atoms with Crippen molar-refractivity contribution in [3.8, 4) is 11.5 Å². The van der Waals surface area contributed by atoms with Crippen molar-refractivity contribution in [3.05, 3.63) is 23.8 Å².